The number of hydrogen-bond donors (Lipinski definition) is 5. The van der Waals surface area contributed by atoms with E-state index in [-0.39, 0.29) is 43.4 Å². The minimum Gasteiger partial charge on any atom is -0.480 e. The first-order valence-corrected chi connectivity index (χ1v) is 18.4. The number of benzene rings is 1. The molecule has 1 aromatic carbocycles. The molecule has 0 aromatic heterocycles. The molecule has 14 heteroatoms. The van der Waals surface area contributed by atoms with E-state index in [0.29, 0.717) is 32.4 Å². The highest BCUT2D eigenvalue weighted by atomic mass is 19.1. The fourth-order valence-corrected chi connectivity index (χ4v) is 7.68. The molecule has 3 amide bonds. The van der Waals surface area contributed by atoms with Crippen molar-refractivity contribution in [3.63, 3.8) is 0 Å². The molecule has 0 bridgehead atoms. The van der Waals surface area contributed by atoms with Gasteiger partial charge in [-0.1, -0.05) is 71.4 Å². The number of carbonyl (C=O) groups excluding carboxylic acids is 4. The Morgan fingerprint density at radius 3 is 2.17 bits per heavy atom. The minimum absolute atomic E-state index is 0.0173. The van der Waals surface area contributed by atoms with Crippen LogP contribution in [0.5, 0.6) is 0 Å². The van der Waals surface area contributed by atoms with Gasteiger partial charge in [-0.2, -0.15) is 0 Å². The van der Waals surface area contributed by atoms with Gasteiger partial charge in [0.2, 0.25) is 17.5 Å². The molecule has 13 nitrogen and oxygen atoms in total. The SMILES string of the molecule is CC[C@H](C)[C@@H]([C@@H](CC(=O)[C@@]1([C@H](OC)[C@@H](C)C(=O)N[C@@H](Cc2ccccc2)C(=O)O)CCCN1)OC)N(C)C(=O)[C@@H](NC(=O)[C@@]1(F)CCNC1)C(C)C. The van der Waals surface area contributed by atoms with E-state index in [9.17, 15) is 29.1 Å². The van der Waals surface area contributed by atoms with Crippen LogP contribution >= 0.6 is 0 Å². The van der Waals surface area contributed by atoms with Gasteiger partial charge in [0.05, 0.1) is 24.2 Å². The van der Waals surface area contributed by atoms with Gasteiger partial charge in [0.15, 0.2) is 5.78 Å². The number of hydrogen-bond acceptors (Lipinski definition) is 9. The Morgan fingerprint density at radius 1 is 1.00 bits per heavy atom. The second-order valence-electron chi connectivity index (χ2n) is 14.8. The Labute approximate surface area is 307 Å². The summed E-state index contributed by atoms with van der Waals surface area (Å²) in [6.45, 7) is 9.84. The van der Waals surface area contributed by atoms with Crippen LogP contribution in [0.15, 0.2) is 30.3 Å². The van der Waals surface area contributed by atoms with Gasteiger partial charge in [-0.05, 0) is 43.3 Å². The molecule has 52 heavy (non-hydrogen) atoms. The number of ketones is 1. The molecule has 1 aromatic rings. The maximum absolute atomic E-state index is 15.3. The summed E-state index contributed by atoms with van der Waals surface area (Å²) >= 11 is 0. The first kappa shape index (κ1) is 42.9. The second-order valence-corrected chi connectivity index (χ2v) is 14.8. The van der Waals surface area contributed by atoms with E-state index in [1.54, 1.807) is 52.1 Å². The summed E-state index contributed by atoms with van der Waals surface area (Å²) in [5.41, 5.74) is -2.64. The third kappa shape index (κ3) is 9.94. The number of ether oxygens (including phenoxy) is 2. The van der Waals surface area contributed by atoms with Crippen molar-refractivity contribution in [1.29, 1.82) is 0 Å². The Hall–Kier alpha value is -3.46. The number of nitrogens with zero attached hydrogens (tertiary/aromatic N) is 1. The molecule has 0 radical (unpaired) electrons. The number of rotatable bonds is 20. The van der Waals surface area contributed by atoms with Gasteiger partial charge in [-0.25, -0.2) is 9.18 Å². The van der Waals surface area contributed by atoms with Crippen molar-refractivity contribution in [3.05, 3.63) is 35.9 Å². The van der Waals surface area contributed by atoms with E-state index in [2.05, 4.69) is 21.3 Å². The van der Waals surface area contributed by atoms with Crippen molar-refractivity contribution in [2.24, 2.45) is 17.8 Å². The fraction of sp³-hybridized carbons (Fsp3) is 0.711. The number of nitrogens with one attached hydrogen (secondary N) is 4. The predicted molar refractivity (Wildman–Crippen MR) is 194 cm³/mol. The van der Waals surface area contributed by atoms with Crippen LogP contribution in [0.4, 0.5) is 4.39 Å². The second kappa shape index (κ2) is 19.0. The number of Topliss-reactive ketones (excluding diaryl/α,β-unsaturated/α-hetero) is 1. The number of alkyl halides is 1. The van der Waals surface area contributed by atoms with Crippen molar-refractivity contribution in [3.8, 4) is 0 Å². The summed E-state index contributed by atoms with van der Waals surface area (Å²) in [4.78, 5) is 69.0. The summed E-state index contributed by atoms with van der Waals surface area (Å²) in [5.74, 6) is -4.68. The molecular formula is C38H60FN5O8. The van der Waals surface area contributed by atoms with Crippen molar-refractivity contribution in [2.75, 3.05) is 40.9 Å². The quantitative estimate of drug-likeness (QED) is 0.134. The summed E-state index contributed by atoms with van der Waals surface area (Å²) < 4.78 is 27.2. The highest BCUT2D eigenvalue weighted by Gasteiger charge is 2.53. The fourth-order valence-electron chi connectivity index (χ4n) is 7.68. The van der Waals surface area contributed by atoms with Crippen LogP contribution in [0.25, 0.3) is 0 Å². The van der Waals surface area contributed by atoms with Crippen molar-refractivity contribution < 1.29 is 42.9 Å². The topological polar surface area (TPSA) is 175 Å². The molecule has 9 atom stereocenters. The summed E-state index contributed by atoms with van der Waals surface area (Å²) in [5, 5.41) is 21.4. The zero-order valence-electron chi connectivity index (χ0n) is 32.0. The molecule has 2 saturated heterocycles. The number of carbonyl (C=O) groups is 5. The zero-order chi connectivity index (χ0) is 38.8. The van der Waals surface area contributed by atoms with Gasteiger partial charge >= 0.3 is 5.97 Å². The monoisotopic (exact) mass is 733 g/mol. The smallest absolute Gasteiger partial charge is 0.326 e. The van der Waals surface area contributed by atoms with Crippen LogP contribution in [0.1, 0.15) is 72.3 Å². The summed E-state index contributed by atoms with van der Waals surface area (Å²) in [7, 11) is 4.51. The Balaban J connectivity index is 1.85. The summed E-state index contributed by atoms with van der Waals surface area (Å²) in [6, 6.07) is 6.18. The third-order valence-electron chi connectivity index (χ3n) is 11.0. The first-order valence-electron chi connectivity index (χ1n) is 18.4. The molecule has 0 unspecified atom stereocenters. The van der Waals surface area contributed by atoms with Gasteiger partial charge in [0, 0.05) is 47.1 Å². The molecule has 2 aliphatic rings. The number of aliphatic carboxylic acids is 1. The molecule has 292 valence electrons. The van der Waals surface area contributed by atoms with Gasteiger partial charge in [-0.3, -0.25) is 19.2 Å². The van der Waals surface area contributed by atoms with Gasteiger partial charge in [-0.15, -0.1) is 0 Å². The maximum atomic E-state index is 15.3. The van der Waals surface area contributed by atoms with Crippen LogP contribution in [-0.2, 0) is 39.9 Å². The molecule has 2 aliphatic heterocycles. The molecule has 0 aliphatic carbocycles. The largest absolute Gasteiger partial charge is 0.480 e. The number of carboxylic acid groups (broad SMARTS) is 1. The minimum atomic E-state index is -2.10. The Kier molecular flexibility index (Phi) is 15.7. The Bertz CT molecular complexity index is 1370. The number of likely N-dealkylation sites (N-methyl/N-ethyl adjacent to an activating group) is 1. The van der Waals surface area contributed by atoms with E-state index in [1.807, 2.05) is 19.9 Å². The van der Waals surface area contributed by atoms with Gasteiger partial charge < -0.3 is 40.7 Å². The van der Waals surface area contributed by atoms with E-state index < -0.39 is 71.1 Å². The number of halogens is 1. The molecular weight excluding hydrogens is 673 g/mol. The van der Waals surface area contributed by atoms with Crippen LogP contribution in [-0.4, -0.2) is 122 Å². The maximum Gasteiger partial charge on any atom is 0.326 e. The molecule has 3 rings (SSSR count). The molecule has 2 heterocycles. The predicted octanol–water partition coefficient (Wildman–Crippen LogP) is 2.26. The Morgan fingerprint density at radius 2 is 1.67 bits per heavy atom. The van der Waals surface area contributed by atoms with Crippen LogP contribution in [0.2, 0.25) is 0 Å². The molecule has 0 spiro atoms. The molecule has 5 N–H and O–H groups in total. The first-order chi connectivity index (χ1) is 24.6. The lowest BCUT2D eigenvalue weighted by molar-refractivity contribution is -0.149. The van der Waals surface area contributed by atoms with Crippen LogP contribution in [0, 0.1) is 17.8 Å². The lowest BCUT2D eigenvalue weighted by Gasteiger charge is -2.42. The van der Waals surface area contributed by atoms with Crippen LogP contribution in [0.3, 0.4) is 0 Å². The average Bonchev–Trinajstić information content (AvgIpc) is 3.80. The van der Waals surface area contributed by atoms with Crippen molar-refractivity contribution >= 4 is 29.5 Å². The van der Waals surface area contributed by atoms with Crippen LogP contribution < -0.4 is 21.3 Å². The van der Waals surface area contributed by atoms with Crippen molar-refractivity contribution in [2.45, 2.75) is 115 Å². The zero-order valence-corrected chi connectivity index (χ0v) is 32.0. The number of methoxy groups -OCH3 is 2. The van der Waals surface area contributed by atoms with E-state index in [0.717, 1.165) is 5.56 Å². The lowest BCUT2D eigenvalue weighted by atomic mass is 9.76. The van der Waals surface area contributed by atoms with E-state index in [1.165, 1.54) is 19.1 Å². The van der Waals surface area contributed by atoms with E-state index >= 15 is 4.39 Å². The highest BCUT2D eigenvalue weighted by molar-refractivity contribution is 5.93. The summed E-state index contributed by atoms with van der Waals surface area (Å²) in [6.07, 6.45) is -0.116. The highest BCUT2D eigenvalue weighted by Crippen LogP contribution is 2.34. The lowest BCUT2D eigenvalue weighted by Crippen LogP contribution is -2.63. The van der Waals surface area contributed by atoms with Gasteiger partial charge in [0.25, 0.3) is 5.91 Å². The number of carboxylic acids is 1. The number of amides is 3. The van der Waals surface area contributed by atoms with E-state index in [4.69, 9.17) is 9.47 Å². The molecule has 2 fully saturated rings. The normalized spacial score (nSPS) is 24.3. The third-order valence-corrected chi connectivity index (χ3v) is 11.0. The van der Waals surface area contributed by atoms with Crippen molar-refractivity contribution in [1.82, 2.24) is 26.2 Å². The standard InChI is InChI=1S/C38H60FN5O8/c1-9-24(4)31(44(6)34(47)30(23(2)3)43-36(50)37(39)17-19-40-22-37)28(51-7)21-29(45)38(16-13-18-41-38)32(52-8)25(5)33(46)42-27(35(48)49)20-26-14-11-10-12-15-26/h10-12,14-15,23-25,27-28,30-32,40-41H,9,13,16-22H2,1-8H3,(H,42,46)(H,43,50)(H,48,49)/t24-,25+,27-,28+,30-,31-,32+,37+,38+/m0/s1. The molecule has 0 saturated carbocycles. The van der Waals surface area contributed by atoms with Gasteiger partial charge in [0.1, 0.15) is 17.6 Å². The average molecular weight is 734 g/mol.